The van der Waals surface area contributed by atoms with E-state index in [1.165, 1.54) is 11.9 Å². The largest absolute Gasteiger partial charge is 0.444 e. The molecule has 202 valence electrons. The molecule has 36 heavy (non-hydrogen) atoms. The lowest BCUT2D eigenvalue weighted by atomic mass is 9.99. The molecule has 0 aromatic heterocycles. The Bertz CT molecular complexity index is 839. The van der Waals surface area contributed by atoms with E-state index in [0.717, 1.165) is 38.5 Å². The summed E-state index contributed by atoms with van der Waals surface area (Å²) in [5.74, 6) is -1.01. The zero-order valence-electron chi connectivity index (χ0n) is 22.0. The first-order chi connectivity index (χ1) is 17.0. The maximum absolute atomic E-state index is 13.6. The van der Waals surface area contributed by atoms with Gasteiger partial charge in [0.2, 0.25) is 11.8 Å². The summed E-state index contributed by atoms with van der Waals surface area (Å²) in [6.45, 7) is 7.69. The summed E-state index contributed by atoms with van der Waals surface area (Å²) >= 11 is 1.42. The Kier molecular flexibility index (Phi) is 10.1. The smallest absolute Gasteiger partial charge is 0.408 e. The van der Waals surface area contributed by atoms with Gasteiger partial charge in [-0.25, -0.2) is 4.79 Å². The van der Waals surface area contributed by atoms with Crippen LogP contribution in [0, 0.1) is 5.92 Å². The van der Waals surface area contributed by atoms with Gasteiger partial charge in [0.05, 0.1) is 0 Å². The van der Waals surface area contributed by atoms with E-state index < -0.39 is 29.8 Å². The van der Waals surface area contributed by atoms with Gasteiger partial charge in [-0.2, -0.15) is 0 Å². The van der Waals surface area contributed by atoms with Crippen LogP contribution < -0.4 is 15.4 Å². The molecule has 1 aliphatic carbocycles. The minimum atomic E-state index is -0.762. The fourth-order valence-electron chi connectivity index (χ4n) is 4.50. The molecule has 1 saturated carbocycles. The Morgan fingerprint density at radius 2 is 1.83 bits per heavy atom. The maximum atomic E-state index is 13.6. The van der Waals surface area contributed by atoms with E-state index >= 15 is 0 Å². The van der Waals surface area contributed by atoms with E-state index in [2.05, 4.69) is 21.4 Å². The third-order valence-electron chi connectivity index (χ3n) is 6.59. The first-order valence-corrected chi connectivity index (χ1v) is 14.2. The minimum Gasteiger partial charge on any atom is -0.444 e. The summed E-state index contributed by atoms with van der Waals surface area (Å²) < 4.78 is 8.30. The summed E-state index contributed by atoms with van der Waals surface area (Å²) in [4.78, 5) is 54.0. The van der Waals surface area contributed by atoms with E-state index in [-0.39, 0.29) is 23.6 Å². The molecule has 10 heteroatoms. The number of allylic oxidation sites excluding steroid dienone is 1. The molecular weight excluding hydrogens is 480 g/mol. The summed E-state index contributed by atoms with van der Waals surface area (Å²) in [5, 5.41) is 6.14. The Hall–Kier alpha value is -2.23. The van der Waals surface area contributed by atoms with Gasteiger partial charge in [-0.3, -0.25) is 19.1 Å². The van der Waals surface area contributed by atoms with Crippen molar-refractivity contribution in [3.63, 3.8) is 0 Å². The lowest BCUT2D eigenvalue weighted by Gasteiger charge is -2.31. The number of alkyl carbamates (subject to hydrolysis) is 1. The fraction of sp³-hybridized carbons (Fsp3) is 0.769. The molecule has 9 nitrogen and oxygen atoms in total. The number of hydrogen-bond donors (Lipinski definition) is 3. The Morgan fingerprint density at radius 3 is 2.53 bits per heavy atom. The van der Waals surface area contributed by atoms with Crippen LogP contribution in [0.4, 0.5) is 4.79 Å². The van der Waals surface area contributed by atoms with Gasteiger partial charge >= 0.3 is 6.09 Å². The van der Waals surface area contributed by atoms with Crippen LogP contribution in [0.3, 0.4) is 0 Å². The van der Waals surface area contributed by atoms with Gasteiger partial charge in [0.25, 0.3) is 5.91 Å². The molecule has 2 unspecified atom stereocenters. The lowest BCUT2D eigenvalue weighted by molar-refractivity contribution is -0.141. The van der Waals surface area contributed by atoms with Crippen LogP contribution in [0.5, 0.6) is 0 Å². The van der Waals surface area contributed by atoms with Crippen LogP contribution in [0.1, 0.15) is 85.5 Å². The molecule has 0 aromatic rings. The molecule has 4 atom stereocenters. The van der Waals surface area contributed by atoms with Crippen LogP contribution >= 0.6 is 11.9 Å². The van der Waals surface area contributed by atoms with Crippen molar-refractivity contribution in [1.82, 2.24) is 20.3 Å². The molecule has 0 bridgehead atoms. The predicted molar refractivity (Wildman–Crippen MR) is 140 cm³/mol. The SMILES string of the molecule is C[C@H]1/C=C\CCCCC[C@H](NC(=O)OC(C)(C)C)C(=O)N2CCCC2C(=O)NC1C(=O)NSC1CC1. The van der Waals surface area contributed by atoms with Gasteiger partial charge in [0.1, 0.15) is 23.7 Å². The second kappa shape index (κ2) is 12.8. The number of nitrogens with one attached hydrogen (secondary N) is 3. The molecule has 2 aliphatic heterocycles. The van der Waals surface area contributed by atoms with Crippen molar-refractivity contribution in [2.75, 3.05) is 6.54 Å². The zero-order valence-corrected chi connectivity index (χ0v) is 22.8. The molecule has 3 N–H and O–H groups in total. The van der Waals surface area contributed by atoms with Crippen LogP contribution in [-0.2, 0) is 19.1 Å². The molecule has 2 heterocycles. The van der Waals surface area contributed by atoms with Crippen LogP contribution in [-0.4, -0.2) is 64.2 Å². The van der Waals surface area contributed by atoms with Gasteiger partial charge in [0.15, 0.2) is 0 Å². The average Bonchev–Trinajstić information content (AvgIpc) is 3.50. The maximum Gasteiger partial charge on any atom is 0.408 e. The third-order valence-corrected chi connectivity index (χ3v) is 7.71. The molecule has 0 radical (unpaired) electrons. The molecule has 3 rings (SSSR count). The summed E-state index contributed by atoms with van der Waals surface area (Å²) in [6, 6.07) is -2.16. The number of carbonyl (C=O) groups excluding carboxylic acids is 4. The number of ether oxygens (including phenoxy) is 1. The normalized spacial score (nSPS) is 29.3. The minimum absolute atomic E-state index is 0.189. The monoisotopic (exact) mass is 522 g/mol. The number of carbonyl (C=O) groups is 4. The van der Waals surface area contributed by atoms with Crippen molar-refractivity contribution in [2.24, 2.45) is 5.92 Å². The van der Waals surface area contributed by atoms with Crippen LogP contribution in [0.2, 0.25) is 0 Å². The zero-order chi connectivity index (χ0) is 26.3. The lowest BCUT2D eigenvalue weighted by Crippen LogP contribution is -2.57. The van der Waals surface area contributed by atoms with E-state index in [9.17, 15) is 19.2 Å². The highest BCUT2D eigenvalue weighted by atomic mass is 32.2. The number of fused-ring (bicyclic) bond motifs is 1. The van der Waals surface area contributed by atoms with Crippen molar-refractivity contribution in [1.29, 1.82) is 0 Å². The van der Waals surface area contributed by atoms with Crippen LogP contribution in [0.25, 0.3) is 0 Å². The molecule has 0 spiro atoms. The number of amides is 4. The van der Waals surface area contributed by atoms with Crippen molar-refractivity contribution < 1.29 is 23.9 Å². The summed E-state index contributed by atoms with van der Waals surface area (Å²) in [5.41, 5.74) is -0.681. The summed E-state index contributed by atoms with van der Waals surface area (Å²) in [7, 11) is 0. The molecule has 0 aromatic carbocycles. The first-order valence-electron chi connectivity index (χ1n) is 13.3. The topological polar surface area (TPSA) is 117 Å². The summed E-state index contributed by atoms with van der Waals surface area (Å²) in [6.07, 6.45) is 10.7. The van der Waals surface area contributed by atoms with E-state index in [1.807, 2.05) is 13.0 Å². The first kappa shape index (κ1) is 28.3. The van der Waals surface area contributed by atoms with Gasteiger partial charge in [-0.15, -0.1) is 0 Å². The van der Waals surface area contributed by atoms with Gasteiger partial charge in [-0.1, -0.05) is 31.9 Å². The Balaban J connectivity index is 1.77. The van der Waals surface area contributed by atoms with Crippen molar-refractivity contribution in [3.8, 4) is 0 Å². The number of rotatable bonds is 4. The van der Waals surface area contributed by atoms with Gasteiger partial charge in [-0.05, 0) is 77.7 Å². The third kappa shape index (κ3) is 8.71. The predicted octanol–water partition coefficient (Wildman–Crippen LogP) is 3.44. The highest BCUT2D eigenvalue weighted by Gasteiger charge is 2.40. The van der Waals surface area contributed by atoms with E-state index in [4.69, 9.17) is 4.74 Å². The quantitative estimate of drug-likeness (QED) is 0.385. The van der Waals surface area contributed by atoms with Crippen molar-refractivity contribution >= 4 is 35.8 Å². The Labute approximate surface area is 219 Å². The van der Waals surface area contributed by atoms with Crippen LogP contribution in [0.15, 0.2) is 12.2 Å². The second-order valence-corrected chi connectivity index (χ2v) is 12.2. The second-order valence-electron chi connectivity index (χ2n) is 11.1. The molecule has 1 saturated heterocycles. The van der Waals surface area contributed by atoms with E-state index in [1.54, 1.807) is 25.7 Å². The van der Waals surface area contributed by atoms with Gasteiger partial charge < -0.3 is 20.3 Å². The van der Waals surface area contributed by atoms with Crippen molar-refractivity contribution in [3.05, 3.63) is 12.2 Å². The fourth-order valence-corrected chi connectivity index (χ4v) is 5.28. The average molecular weight is 523 g/mol. The van der Waals surface area contributed by atoms with E-state index in [0.29, 0.717) is 31.1 Å². The van der Waals surface area contributed by atoms with Crippen molar-refractivity contribution in [2.45, 2.75) is 114 Å². The van der Waals surface area contributed by atoms with Gasteiger partial charge in [0, 0.05) is 17.7 Å². The highest BCUT2D eigenvalue weighted by Crippen LogP contribution is 2.32. The molecule has 3 aliphatic rings. The highest BCUT2D eigenvalue weighted by molar-refractivity contribution is 7.98. The Morgan fingerprint density at radius 1 is 1.08 bits per heavy atom. The number of hydrogen-bond acceptors (Lipinski definition) is 6. The molecule has 4 amide bonds. The number of nitrogens with zero attached hydrogens (tertiary/aromatic N) is 1. The molecular formula is C26H42N4O5S. The molecule has 2 fully saturated rings. The standard InChI is InChI=1S/C26H42N4O5S/c1-17-11-8-6-5-7-9-12-19(27-25(34)35-26(2,3)4)24(33)30-16-10-13-20(30)22(31)28-21(17)23(32)29-36-18-14-15-18/h8,11,17-21H,5-7,9-10,12-16H2,1-4H3,(H,27,34)(H,28,31)(H,29,32)/b11-8-/t17-,19-,20?,21?/m0/s1.